The van der Waals surface area contributed by atoms with Gasteiger partial charge in [-0.3, -0.25) is 9.59 Å². The van der Waals surface area contributed by atoms with Crippen molar-refractivity contribution in [1.29, 1.82) is 0 Å². The van der Waals surface area contributed by atoms with Crippen molar-refractivity contribution in [3.63, 3.8) is 0 Å². The summed E-state index contributed by atoms with van der Waals surface area (Å²) in [4.78, 5) is 27.0. The molecule has 0 saturated heterocycles. The second-order valence-electron chi connectivity index (χ2n) is 6.70. The van der Waals surface area contributed by atoms with Crippen molar-refractivity contribution >= 4 is 16.8 Å². The lowest BCUT2D eigenvalue weighted by Gasteiger charge is -2.26. The summed E-state index contributed by atoms with van der Waals surface area (Å²) >= 11 is 0. The highest BCUT2D eigenvalue weighted by molar-refractivity contribution is 5.84. The molecular formula is C20H21N3O2. The van der Waals surface area contributed by atoms with Gasteiger partial charge in [-0.1, -0.05) is 18.2 Å². The van der Waals surface area contributed by atoms with E-state index in [1.54, 1.807) is 0 Å². The maximum atomic E-state index is 12.6. The standard InChI is InChI=1S/C20H21N3O2/c1-13-11-14-5-2-3-8-18(14)23(13)12-20(25)22-17-7-4-6-16-15(17)9-10-19(24)21-16/h2-3,5,8-11,17H,4,6-7,12H2,1H3,(H,21,24)(H,22,25)/t17-/m0/s1. The number of H-pyrrole nitrogens is 1. The maximum Gasteiger partial charge on any atom is 0.248 e. The van der Waals surface area contributed by atoms with Gasteiger partial charge in [-0.15, -0.1) is 0 Å². The molecule has 0 spiro atoms. The summed E-state index contributed by atoms with van der Waals surface area (Å²) in [5.74, 6) is -0.00602. The fourth-order valence-corrected chi connectivity index (χ4v) is 3.79. The second-order valence-corrected chi connectivity index (χ2v) is 6.70. The number of hydrogen-bond acceptors (Lipinski definition) is 2. The number of aromatic nitrogens is 2. The zero-order chi connectivity index (χ0) is 17.4. The van der Waals surface area contributed by atoms with Gasteiger partial charge in [0, 0.05) is 23.0 Å². The number of fused-ring (bicyclic) bond motifs is 2. The highest BCUT2D eigenvalue weighted by Gasteiger charge is 2.22. The summed E-state index contributed by atoms with van der Waals surface area (Å²) in [6.45, 7) is 2.32. The monoisotopic (exact) mass is 335 g/mol. The fraction of sp³-hybridized carbons (Fsp3) is 0.300. The first kappa shape index (κ1) is 15.7. The number of carbonyl (C=O) groups excluding carboxylic acids is 1. The summed E-state index contributed by atoms with van der Waals surface area (Å²) in [7, 11) is 0. The molecule has 1 aromatic carbocycles. The van der Waals surface area contributed by atoms with Crippen molar-refractivity contribution in [2.24, 2.45) is 0 Å². The Bertz CT molecular complexity index is 1000. The smallest absolute Gasteiger partial charge is 0.248 e. The van der Waals surface area contributed by atoms with Crippen LogP contribution in [0.25, 0.3) is 10.9 Å². The van der Waals surface area contributed by atoms with E-state index in [0.717, 1.165) is 47.1 Å². The number of nitrogens with one attached hydrogen (secondary N) is 2. The van der Waals surface area contributed by atoms with Gasteiger partial charge in [-0.25, -0.2) is 0 Å². The molecule has 1 amide bonds. The minimum absolute atomic E-state index is 0.00602. The molecule has 2 aromatic heterocycles. The van der Waals surface area contributed by atoms with E-state index in [1.807, 2.05) is 35.8 Å². The molecule has 3 aromatic rings. The Morgan fingerprint density at radius 2 is 2.12 bits per heavy atom. The van der Waals surface area contributed by atoms with E-state index in [-0.39, 0.29) is 17.5 Å². The molecule has 0 radical (unpaired) electrons. The molecule has 0 saturated carbocycles. The van der Waals surface area contributed by atoms with Gasteiger partial charge in [0.1, 0.15) is 6.54 Å². The molecule has 5 heteroatoms. The van der Waals surface area contributed by atoms with E-state index in [1.165, 1.54) is 6.07 Å². The number of rotatable bonds is 3. The lowest BCUT2D eigenvalue weighted by molar-refractivity contribution is -0.122. The van der Waals surface area contributed by atoms with Crippen molar-refractivity contribution in [2.75, 3.05) is 0 Å². The quantitative estimate of drug-likeness (QED) is 0.773. The number of amides is 1. The molecule has 2 heterocycles. The molecule has 25 heavy (non-hydrogen) atoms. The van der Waals surface area contributed by atoms with E-state index in [9.17, 15) is 9.59 Å². The molecule has 0 bridgehead atoms. The third-order valence-electron chi connectivity index (χ3n) is 4.99. The Morgan fingerprint density at radius 1 is 1.28 bits per heavy atom. The number of carbonyl (C=O) groups is 1. The Balaban J connectivity index is 1.55. The summed E-state index contributed by atoms with van der Waals surface area (Å²) in [6.07, 6.45) is 2.72. The second kappa shape index (κ2) is 6.24. The van der Waals surface area contributed by atoms with Crippen LogP contribution < -0.4 is 10.9 Å². The van der Waals surface area contributed by atoms with Gasteiger partial charge in [-0.2, -0.15) is 0 Å². The molecule has 1 aliphatic rings. The number of aromatic amines is 1. The van der Waals surface area contributed by atoms with Crippen LogP contribution >= 0.6 is 0 Å². The van der Waals surface area contributed by atoms with Gasteiger partial charge in [0.2, 0.25) is 11.5 Å². The zero-order valence-corrected chi connectivity index (χ0v) is 14.2. The van der Waals surface area contributed by atoms with Crippen molar-refractivity contribution in [3.8, 4) is 0 Å². The largest absolute Gasteiger partial charge is 0.348 e. The lowest BCUT2D eigenvalue weighted by atomic mass is 9.91. The third-order valence-corrected chi connectivity index (χ3v) is 4.99. The van der Waals surface area contributed by atoms with Gasteiger partial charge in [0.15, 0.2) is 0 Å². The average molecular weight is 335 g/mol. The van der Waals surface area contributed by atoms with Crippen molar-refractivity contribution in [1.82, 2.24) is 14.9 Å². The first-order valence-electron chi connectivity index (χ1n) is 8.68. The minimum atomic E-state index is -0.0832. The van der Waals surface area contributed by atoms with Gasteiger partial charge in [-0.05, 0) is 55.3 Å². The topological polar surface area (TPSA) is 66.9 Å². The number of hydrogen-bond donors (Lipinski definition) is 2. The summed E-state index contributed by atoms with van der Waals surface area (Å²) < 4.78 is 2.04. The van der Waals surface area contributed by atoms with E-state index in [4.69, 9.17) is 0 Å². The first-order chi connectivity index (χ1) is 12.1. The average Bonchev–Trinajstić information content (AvgIpc) is 2.90. The Labute approximate surface area is 145 Å². The van der Waals surface area contributed by atoms with Crippen LogP contribution in [0.3, 0.4) is 0 Å². The number of nitrogens with zero attached hydrogens (tertiary/aromatic N) is 1. The highest BCUT2D eigenvalue weighted by atomic mass is 16.2. The van der Waals surface area contributed by atoms with Gasteiger partial charge < -0.3 is 14.9 Å². The third kappa shape index (κ3) is 2.97. The predicted molar refractivity (Wildman–Crippen MR) is 97.6 cm³/mol. The number of para-hydroxylation sites is 1. The lowest BCUT2D eigenvalue weighted by Crippen LogP contribution is -2.34. The van der Waals surface area contributed by atoms with Crippen LogP contribution in [0.2, 0.25) is 0 Å². The highest BCUT2D eigenvalue weighted by Crippen LogP contribution is 2.27. The molecule has 1 atom stereocenters. The summed E-state index contributed by atoms with van der Waals surface area (Å²) in [6, 6.07) is 13.5. The number of aryl methyl sites for hydroxylation is 2. The predicted octanol–water partition coefficient (Wildman–Crippen LogP) is 2.83. The van der Waals surface area contributed by atoms with Crippen LogP contribution in [0, 0.1) is 6.92 Å². The first-order valence-corrected chi connectivity index (χ1v) is 8.68. The van der Waals surface area contributed by atoms with Crippen LogP contribution in [0.15, 0.2) is 47.3 Å². The number of benzene rings is 1. The Hall–Kier alpha value is -2.82. The SMILES string of the molecule is Cc1cc2ccccc2n1CC(=O)N[C@H]1CCCc2[nH]c(=O)ccc21. The molecule has 128 valence electrons. The van der Waals surface area contributed by atoms with Crippen LogP contribution in [-0.2, 0) is 17.8 Å². The molecule has 2 N–H and O–H groups in total. The molecular weight excluding hydrogens is 314 g/mol. The Morgan fingerprint density at radius 3 is 3.00 bits per heavy atom. The van der Waals surface area contributed by atoms with Crippen molar-refractivity contribution in [3.05, 3.63) is 69.8 Å². The van der Waals surface area contributed by atoms with Crippen LogP contribution in [0.4, 0.5) is 0 Å². The summed E-state index contributed by atoms with van der Waals surface area (Å²) in [5.41, 5.74) is 4.05. The fourth-order valence-electron chi connectivity index (χ4n) is 3.79. The van der Waals surface area contributed by atoms with Crippen LogP contribution in [0.5, 0.6) is 0 Å². The zero-order valence-electron chi connectivity index (χ0n) is 14.2. The molecule has 0 unspecified atom stereocenters. The van der Waals surface area contributed by atoms with Gasteiger partial charge in [0.25, 0.3) is 0 Å². The number of pyridine rings is 1. The minimum Gasteiger partial charge on any atom is -0.348 e. The molecule has 0 fully saturated rings. The summed E-state index contributed by atoms with van der Waals surface area (Å²) in [5, 5.41) is 4.29. The molecule has 4 rings (SSSR count). The van der Waals surface area contributed by atoms with E-state index in [0.29, 0.717) is 6.54 Å². The molecule has 0 aliphatic heterocycles. The van der Waals surface area contributed by atoms with Crippen LogP contribution in [0.1, 0.15) is 35.8 Å². The van der Waals surface area contributed by atoms with Gasteiger partial charge >= 0.3 is 0 Å². The maximum absolute atomic E-state index is 12.6. The van der Waals surface area contributed by atoms with E-state index >= 15 is 0 Å². The normalized spacial score (nSPS) is 16.6. The van der Waals surface area contributed by atoms with Crippen molar-refractivity contribution in [2.45, 2.75) is 38.8 Å². The molecule has 1 aliphatic carbocycles. The van der Waals surface area contributed by atoms with Gasteiger partial charge in [0.05, 0.1) is 6.04 Å². The molecule has 5 nitrogen and oxygen atoms in total. The Kier molecular flexibility index (Phi) is 3.92. The van der Waals surface area contributed by atoms with E-state index < -0.39 is 0 Å². The van der Waals surface area contributed by atoms with Crippen LogP contribution in [-0.4, -0.2) is 15.5 Å². The van der Waals surface area contributed by atoms with Crippen molar-refractivity contribution < 1.29 is 4.79 Å². The van der Waals surface area contributed by atoms with E-state index in [2.05, 4.69) is 22.4 Å².